The first kappa shape index (κ1) is 23.7. The van der Waals surface area contributed by atoms with E-state index in [0.717, 1.165) is 33.1 Å². The number of hydrogen-bond donors (Lipinski definition) is 1. The summed E-state index contributed by atoms with van der Waals surface area (Å²) < 4.78 is 32.1. The number of rotatable bonds is 7. The molecule has 0 unspecified atom stereocenters. The van der Waals surface area contributed by atoms with E-state index in [9.17, 15) is 18.7 Å². The van der Waals surface area contributed by atoms with E-state index in [4.69, 9.17) is 0 Å². The Morgan fingerprint density at radius 3 is 2.53 bits per heavy atom. The van der Waals surface area contributed by atoms with Gasteiger partial charge < -0.3 is 5.11 Å². The van der Waals surface area contributed by atoms with Gasteiger partial charge in [-0.2, -0.15) is 10.2 Å². The van der Waals surface area contributed by atoms with Crippen LogP contribution in [-0.2, 0) is 12.1 Å². The van der Waals surface area contributed by atoms with Gasteiger partial charge in [0.2, 0.25) is 0 Å². The van der Waals surface area contributed by atoms with Gasteiger partial charge in [0, 0.05) is 22.6 Å². The SMILES string of the molecule is Cc1nc(-c2ccc(-n3cnn([C@H](C)[C@](O)(Cn4cncn4)c4ccc(F)cc4F)c3=O)cc2)cs1. The normalized spacial score (nSPS) is 14.0. The molecular weight excluding hydrogens is 488 g/mol. The van der Waals surface area contributed by atoms with Crippen molar-refractivity contribution >= 4 is 11.3 Å². The van der Waals surface area contributed by atoms with Crippen LogP contribution in [0.5, 0.6) is 0 Å². The van der Waals surface area contributed by atoms with Crippen molar-refractivity contribution < 1.29 is 13.9 Å². The number of thiazole rings is 1. The number of halogens is 2. The minimum Gasteiger partial charge on any atom is -0.381 e. The zero-order valence-corrected chi connectivity index (χ0v) is 20.1. The second-order valence-electron chi connectivity index (χ2n) is 8.34. The van der Waals surface area contributed by atoms with E-state index >= 15 is 0 Å². The maximum Gasteiger partial charge on any atom is 0.350 e. The molecule has 0 saturated heterocycles. The first-order valence-electron chi connectivity index (χ1n) is 11.0. The summed E-state index contributed by atoms with van der Waals surface area (Å²) in [5, 5.41) is 22.9. The molecule has 5 rings (SSSR count). The molecule has 1 N–H and O–H groups in total. The molecule has 0 aliphatic rings. The second kappa shape index (κ2) is 9.21. The largest absolute Gasteiger partial charge is 0.381 e. The number of aryl methyl sites for hydroxylation is 1. The minimum absolute atomic E-state index is 0.198. The van der Waals surface area contributed by atoms with Crippen molar-refractivity contribution in [1.82, 2.24) is 34.1 Å². The van der Waals surface area contributed by atoms with Crippen molar-refractivity contribution in [1.29, 1.82) is 0 Å². The van der Waals surface area contributed by atoms with Crippen LogP contribution in [0.4, 0.5) is 8.78 Å². The molecule has 12 heteroatoms. The number of hydrogen-bond acceptors (Lipinski definition) is 7. The smallest absolute Gasteiger partial charge is 0.350 e. The lowest BCUT2D eigenvalue weighted by atomic mass is 9.86. The molecule has 0 spiro atoms. The van der Waals surface area contributed by atoms with Crippen LogP contribution < -0.4 is 5.69 Å². The quantitative estimate of drug-likeness (QED) is 0.360. The van der Waals surface area contributed by atoms with Crippen LogP contribution in [-0.4, -0.2) is 39.2 Å². The Balaban J connectivity index is 1.52. The van der Waals surface area contributed by atoms with Gasteiger partial charge >= 0.3 is 5.69 Å². The Morgan fingerprint density at radius 2 is 1.89 bits per heavy atom. The van der Waals surface area contributed by atoms with Crippen molar-refractivity contribution in [2.24, 2.45) is 0 Å². The highest BCUT2D eigenvalue weighted by atomic mass is 32.1. The van der Waals surface area contributed by atoms with Gasteiger partial charge in [-0.3, -0.25) is 0 Å². The van der Waals surface area contributed by atoms with E-state index in [2.05, 4.69) is 20.2 Å². The molecule has 36 heavy (non-hydrogen) atoms. The maximum atomic E-state index is 14.8. The summed E-state index contributed by atoms with van der Waals surface area (Å²) in [6.07, 6.45) is 3.95. The predicted molar refractivity (Wildman–Crippen MR) is 129 cm³/mol. The van der Waals surface area contributed by atoms with E-state index in [1.807, 2.05) is 24.4 Å². The zero-order chi connectivity index (χ0) is 25.4. The molecule has 0 amide bonds. The lowest BCUT2D eigenvalue weighted by Crippen LogP contribution is -2.44. The highest BCUT2D eigenvalue weighted by Gasteiger charge is 2.41. The molecule has 9 nitrogen and oxygen atoms in total. The van der Waals surface area contributed by atoms with Crippen LogP contribution in [0.25, 0.3) is 16.9 Å². The van der Waals surface area contributed by atoms with Crippen molar-refractivity contribution in [2.45, 2.75) is 32.0 Å². The van der Waals surface area contributed by atoms with E-state index in [0.29, 0.717) is 11.8 Å². The van der Waals surface area contributed by atoms with Crippen LogP contribution >= 0.6 is 11.3 Å². The van der Waals surface area contributed by atoms with Gasteiger partial charge in [-0.15, -0.1) is 11.3 Å². The van der Waals surface area contributed by atoms with Crippen LogP contribution in [0.3, 0.4) is 0 Å². The van der Waals surface area contributed by atoms with Crippen LogP contribution in [0.15, 0.2) is 71.6 Å². The Hall–Kier alpha value is -4.03. The van der Waals surface area contributed by atoms with Gasteiger partial charge in [0.05, 0.1) is 29.0 Å². The van der Waals surface area contributed by atoms with Crippen molar-refractivity contribution in [2.75, 3.05) is 0 Å². The average Bonchev–Trinajstić information content (AvgIpc) is 3.60. The first-order chi connectivity index (χ1) is 17.3. The van der Waals surface area contributed by atoms with E-state index in [1.54, 1.807) is 23.5 Å². The van der Waals surface area contributed by atoms with Gasteiger partial charge in [-0.25, -0.2) is 37.5 Å². The van der Waals surface area contributed by atoms with Gasteiger partial charge in [0.15, 0.2) is 0 Å². The summed E-state index contributed by atoms with van der Waals surface area (Å²) >= 11 is 1.55. The molecule has 0 aliphatic carbocycles. The molecule has 0 fully saturated rings. The third-order valence-corrected chi connectivity index (χ3v) is 6.85. The maximum absolute atomic E-state index is 14.8. The first-order valence-corrected chi connectivity index (χ1v) is 11.8. The lowest BCUT2D eigenvalue weighted by Gasteiger charge is -2.34. The summed E-state index contributed by atoms with van der Waals surface area (Å²) in [4.78, 5) is 21.7. The van der Waals surface area contributed by atoms with Gasteiger partial charge in [-0.05, 0) is 32.0 Å². The van der Waals surface area contributed by atoms with Gasteiger partial charge in [-0.1, -0.05) is 18.2 Å². The minimum atomic E-state index is -2.01. The van der Waals surface area contributed by atoms with E-state index in [-0.39, 0.29) is 12.1 Å². The summed E-state index contributed by atoms with van der Waals surface area (Å²) in [5.41, 5.74) is -0.440. The molecule has 3 heterocycles. The molecule has 184 valence electrons. The second-order valence-corrected chi connectivity index (χ2v) is 9.41. The third kappa shape index (κ3) is 4.25. The summed E-state index contributed by atoms with van der Waals surface area (Å²) in [6.45, 7) is 3.21. The van der Waals surface area contributed by atoms with Crippen molar-refractivity contribution in [3.05, 3.63) is 99.5 Å². The van der Waals surface area contributed by atoms with Crippen LogP contribution in [0.1, 0.15) is 23.5 Å². The fourth-order valence-corrected chi connectivity index (χ4v) is 4.72. The highest BCUT2D eigenvalue weighted by molar-refractivity contribution is 7.09. The number of aromatic nitrogens is 7. The Morgan fingerprint density at radius 1 is 1.11 bits per heavy atom. The Bertz CT molecular complexity index is 1560. The zero-order valence-electron chi connectivity index (χ0n) is 19.3. The molecule has 0 bridgehead atoms. The lowest BCUT2D eigenvalue weighted by molar-refractivity contribution is -0.0381. The molecule has 0 radical (unpaired) electrons. The average molecular weight is 510 g/mol. The van der Waals surface area contributed by atoms with E-state index < -0.39 is 29.0 Å². The summed E-state index contributed by atoms with van der Waals surface area (Å²) in [7, 11) is 0. The van der Waals surface area contributed by atoms with Gasteiger partial charge in [0.1, 0.15) is 36.2 Å². The number of aliphatic hydroxyl groups is 1. The Kier molecular flexibility index (Phi) is 6.06. The molecule has 2 atom stereocenters. The molecular formula is C24H21F2N7O2S. The fourth-order valence-electron chi connectivity index (χ4n) is 4.09. The van der Waals surface area contributed by atoms with E-state index in [1.165, 1.54) is 35.2 Å². The van der Waals surface area contributed by atoms with Crippen LogP contribution in [0.2, 0.25) is 0 Å². The predicted octanol–water partition coefficient (Wildman–Crippen LogP) is 3.48. The van der Waals surface area contributed by atoms with Crippen molar-refractivity contribution in [3.8, 4) is 16.9 Å². The summed E-state index contributed by atoms with van der Waals surface area (Å²) in [5.74, 6) is -1.74. The molecule has 0 saturated carbocycles. The fraction of sp³-hybridized carbons (Fsp3) is 0.208. The number of nitrogens with zero attached hydrogens (tertiary/aromatic N) is 7. The van der Waals surface area contributed by atoms with Crippen molar-refractivity contribution in [3.63, 3.8) is 0 Å². The standard InChI is InChI=1S/C24H21F2N7O2S/c1-15(24(35,11-31-13-27-12-28-31)20-8-5-18(25)9-21(20)26)33-23(34)32(14-29-33)19-6-3-17(4-7-19)22-10-36-16(2)30-22/h3-10,12-15,35H,11H2,1-2H3/t15-,24-/m1/s1. The molecule has 0 aliphatic heterocycles. The van der Waals surface area contributed by atoms with Gasteiger partial charge in [0.25, 0.3) is 0 Å². The topological polar surface area (TPSA) is 104 Å². The number of benzene rings is 2. The summed E-state index contributed by atoms with van der Waals surface area (Å²) in [6, 6.07) is 9.06. The highest BCUT2D eigenvalue weighted by Crippen LogP contribution is 2.36. The molecule has 3 aromatic heterocycles. The van der Waals surface area contributed by atoms with Crippen LogP contribution in [0, 0.1) is 18.6 Å². The monoisotopic (exact) mass is 509 g/mol. The third-order valence-electron chi connectivity index (χ3n) is 6.08. The molecule has 2 aromatic carbocycles. The Labute approximate surface area is 207 Å². The molecule has 5 aromatic rings.